The van der Waals surface area contributed by atoms with Crippen LogP contribution in [0.4, 0.5) is 5.69 Å². The fourth-order valence-corrected chi connectivity index (χ4v) is 1.85. The number of aliphatic imine (C=N–C) groups is 1. The van der Waals surface area contributed by atoms with Crippen molar-refractivity contribution in [2.45, 2.75) is 5.92 Å². The van der Waals surface area contributed by atoms with Crippen LogP contribution in [0.15, 0.2) is 17.1 Å². The van der Waals surface area contributed by atoms with Gasteiger partial charge in [0, 0.05) is 14.1 Å². The van der Waals surface area contributed by atoms with Crippen molar-refractivity contribution < 1.29 is 35.8 Å². The monoisotopic (exact) mass is 307 g/mol. The van der Waals surface area contributed by atoms with Crippen LogP contribution in [0.5, 0.6) is 0 Å². The summed E-state index contributed by atoms with van der Waals surface area (Å²) in [4.78, 5) is 16.6. The van der Waals surface area contributed by atoms with Crippen LogP contribution in [0.25, 0.3) is 0 Å². The molecule has 0 spiro atoms. The van der Waals surface area contributed by atoms with Crippen molar-refractivity contribution in [3.8, 4) is 6.07 Å². The van der Waals surface area contributed by atoms with Gasteiger partial charge in [0.25, 0.3) is 0 Å². The van der Waals surface area contributed by atoms with Gasteiger partial charge in [-0.15, -0.1) is 0 Å². The van der Waals surface area contributed by atoms with E-state index in [1.165, 1.54) is 12.1 Å². The van der Waals surface area contributed by atoms with Crippen LogP contribution >= 0.6 is 23.2 Å². The quantitative estimate of drug-likeness (QED) is 0.344. The Hall–Kier alpha value is -0.570. The molecule has 0 saturated heterocycles. The van der Waals surface area contributed by atoms with Gasteiger partial charge in [0.2, 0.25) is 0 Å². The number of nitriles is 1. The van der Waals surface area contributed by atoms with Gasteiger partial charge in [-0.25, -0.2) is 4.99 Å². The van der Waals surface area contributed by atoms with Gasteiger partial charge in [-0.2, -0.15) is 5.26 Å². The number of nitrogens with zero attached hydrogens (tertiary/aromatic N) is 3. The second-order valence-electron chi connectivity index (χ2n) is 3.78. The number of carbonyl (C=O) groups excluding carboxylic acids is 1. The molecular formula is C12H12Cl2N3NaO. The molecule has 0 aliphatic rings. The summed E-state index contributed by atoms with van der Waals surface area (Å²) in [6.07, 6.45) is 2.11. The first kappa shape index (κ1) is 18.4. The molecule has 1 unspecified atom stereocenters. The minimum absolute atomic E-state index is 0. The molecule has 0 heterocycles. The van der Waals surface area contributed by atoms with Gasteiger partial charge in [0.15, 0.2) is 0 Å². The molecule has 96 valence electrons. The maximum Gasteiger partial charge on any atom is 1.00 e. The number of hydrogen-bond acceptors (Lipinski definition) is 3. The summed E-state index contributed by atoms with van der Waals surface area (Å²) in [5, 5.41) is 9.41. The van der Waals surface area contributed by atoms with E-state index in [-0.39, 0.29) is 31.0 Å². The summed E-state index contributed by atoms with van der Waals surface area (Å²) < 4.78 is 0. The third kappa shape index (κ3) is 5.13. The van der Waals surface area contributed by atoms with Crippen molar-refractivity contribution >= 4 is 41.5 Å². The molecule has 1 rings (SSSR count). The molecule has 19 heavy (non-hydrogen) atoms. The first-order valence-corrected chi connectivity index (χ1v) is 5.79. The van der Waals surface area contributed by atoms with E-state index in [1.807, 2.05) is 20.2 Å². The van der Waals surface area contributed by atoms with Crippen molar-refractivity contribution in [3.63, 3.8) is 0 Å². The molecule has 0 aliphatic heterocycles. The normalized spacial score (nSPS) is 11.5. The molecule has 7 heteroatoms. The smallest absolute Gasteiger partial charge is 1.00 e. The van der Waals surface area contributed by atoms with Crippen LogP contribution in [0.3, 0.4) is 0 Å². The summed E-state index contributed by atoms with van der Waals surface area (Å²) >= 11 is 12.1. The second kappa shape index (κ2) is 8.57. The van der Waals surface area contributed by atoms with Crippen LogP contribution in [-0.2, 0) is 4.79 Å². The van der Waals surface area contributed by atoms with E-state index in [0.717, 1.165) is 0 Å². The molecule has 0 saturated carbocycles. The SMILES string of the molecule is CN(C)C=Nc1c(Cl)cc(C(C#N)C=O)cc1Cl.[H-].[Na+]. The summed E-state index contributed by atoms with van der Waals surface area (Å²) in [7, 11) is 3.63. The molecule has 0 radical (unpaired) electrons. The number of carbonyl (C=O) groups is 1. The van der Waals surface area contributed by atoms with Crippen LogP contribution in [0.1, 0.15) is 12.9 Å². The van der Waals surface area contributed by atoms with Gasteiger partial charge in [0.1, 0.15) is 17.9 Å². The van der Waals surface area contributed by atoms with Gasteiger partial charge >= 0.3 is 29.6 Å². The van der Waals surface area contributed by atoms with Crippen LogP contribution in [0, 0.1) is 11.3 Å². The Bertz CT molecular complexity index is 509. The van der Waals surface area contributed by atoms with Crippen molar-refractivity contribution in [2.24, 2.45) is 4.99 Å². The Morgan fingerprint density at radius 3 is 2.32 bits per heavy atom. The van der Waals surface area contributed by atoms with Gasteiger partial charge in [-0.3, -0.25) is 0 Å². The molecule has 0 aromatic heterocycles. The van der Waals surface area contributed by atoms with Crippen LogP contribution in [-0.4, -0.2) is 31.6 Å². The zero-order valence-electron chi connectivity index (χ0n) is 11.9. The average molecular weight is 308 g/mol. The van der Waals surface area contributed by atoms with E-state index >= 15 is 0 Å². The maximum atomic E-state index is 10.7. The minimum atomic E-state index is -0.869. The molecule has 0 N–H and O–H groups in total. The number of rotatable bonds is 4. The maximum absolute atomic E-state index is 10.7. The Balaban J connectivity index is 0. The molecule has 1 aromatic rings. The third-order valence-electron chi connectivity index (χ3n) is 2.09. The third-order valence-corrected chi connectivity index (χ3v) is 2.67. The summed E-state index contributed by atoms with van der Waals surface area (Å²) in [5.74, 6) is -0.869. The van der Waals surface area contributed by atoms with E-state index in [4.69, 9.17) is 28.5 Å². The van der Waals surface area contributed by atoms with Gasteiger partial charge in [0.05, 0.1) is 22.5 Å². The van der Waals surface area contributed by atoms with Crippen LogP contribution < -0.4 is 29.6 Å². The van der Waals surface area contributed by atoms with E-state index in [1.54, 1.807) is 11.2 Å². The number of hydrogen-bond donors (Lipinski definition) is 0. The zero-order valence-corrected chi connectivity index (χ0v) is 14.4. The van der Waals surface area contributed by atoms with Crippen molar-refractivity contribution in [1.82, 2.24) is 4.90 Å². The molecule has 4 nitrogen and oxygen atoms in total. The predicted molar refractivity (Wildman–Crippen MR) is 73.8 cm³/mol. The van der Waals surface area contributed by atoms with Crippen molar-refractivity contribution in [3.05, 3.63) is 27.7 Å². The molecule has 0 bridgehead atoms. The Labute approximate surface area is 145 Å². The summed E-state index contributed by atoms with van der Waals surface area (Å²) in [5.41, 5.74) is 0.879. The minimum Gasteiger partial charge on any atom is -1.00 e. The van der Waals surface area contributed by atoms with Gasteiger partial charge in [-0.1, -0.05) is 23.2 Å². The van der Waals surface area contributed by atoms with Gasteiger partial charge < -0.3 is 11.1 Å². The Morgan fingerprint density at radius 2 is 1.95 bits per heavy atom. The van der Waals surface area contributed by atoms with E-state index < -0.39 is 5.92 Å². The van der Waals surface area contributed by atoms with Gasteiger partial charge in [-0.05, 0) is 17.7 Å². The van der Waals surface area contributed by atoms with Crippen LogP contribution in [0.2, 0.25) is 10.0 Å². The summed E-state index contributed by atoms with van der Waals surface area (Å²) in [6, 6.07) is 4.91. The summed E-state index contributed by atoms with van der Waals surface area (Å²) in [6.45, 7) is 0. The van der Waals surface area contributed by atoms with Crippen molar-refractivity contribution in [2.75, 3.05) is 14.1 Å². The predicted octanol–water partition coefficient (Wildman–Crippen LogP) is 0.137. The zero-order chi connectivity index (χ0) is 13.7. The Morgan fingerprint density at radius 1 is 1.42 bits per heavy atom. The largest absolute Gasteiger partial charge is 1.00 e. The number of halogens is 2. The number of benzene rings is 1. The first-order valence-electron chi connectivity index (χ1n) is 5.04. The first-order chi connectivity index (χ1) is 8.49. The van der Waals surface area contributed by atoms with E-state index in [0.29, 0.717) is 27.6 Å². The standard InChI is InChI=1S/C12H11Cl2N3O.Na.H/c1-17(2)7-16-12-10(13)3-8(4-11(12)14)9(5-15)6-18;;/h3-4,6-7,9H,1-2H3;;/q;+1;-1. The van der Waals surface area contributed by atoms with E-state index in [2.05, 4.69) is 4.99 Å². The Kier molecular flexibility index (Phi) is 8.31. The second-order valence-corrected chi connectivity index (χ2v) is 4.60. The van der Waals surface area contributed by atoms with E-state index in [9.17, 15) is 4.79 Å². The average Bonchev–Trinajstić information content (AvgIpc) is 2.29. The fourth-order valence-electron chi connectivity index (χ4n) is 1.24. The molecule has 1 aromatic carbocycles. The molecule has 0 amide bonds. The molecule has 0 fully saturated rings. The molecule has 1 atom stereocenters. The molecule has 0 aliphatic carbocycles. The topological polar surface area (TPSA) is 56.5 Å². The number of aldehydes is 1. The van der Waals surface area contributed by atoms with Crippen molar-refractivity contribution in [1.29, 1.82) is 5.26 Å². The fraction of sp³-hybridized carbons (Fsp3) is 0.250. The molecular weight excluding hydrogens is 296 g/mol.